The predicted molar refractivity (Wildman–Crippen MR) is 104 cm³/mol. The minimum Gasteiger partial charge on any atom is -0.481 e. The smallest absolute Gasteiger partial charge is 0.262 e. The lowest BCUT2D eigenvalue weighted by molar-refractivity contribution is -0.118. The number of nitrogens with zero attached hydrogens (tertiary/aromatic N) is 4. The van der Waals surface area contributed by atoms with Crippen molar-refractivity contribution in [3.05, 3.63) is 48.0 Å². The van der Waals surface area contributed by atoms with E-state index in [1.165, 1.54) is 12.4 Å². The molecule has 4 rings (SSSR count). The van der Waals surface area contributed by atoms with Crippen molar-refractivity contribution in [3.8, 4) is 17.3 Å². The molecule has 154 valence electrons. The number of carbonyl (C=O) groups is 2. The molecule has 0 saturated heterocycles. The Kier molecular flexibility index (Phi) is 5.11. The molecule has 1 atom stereocenters. The van der Waals surface area contributed by atoms with E-state index in [4.69, 9.17) is 4.74 Å². The molecule has 3 heterocycles. The number of carbonyl (C=O) groups excluding carboxylic acids is 2. The highest BCUT2D eigenvalue weighted by Crippen LogP contribution is 2.31. The summed E-state index contributed by atoms with van der Waals surface area (Å²) in [5, 5.41) is 22.3. The molecule has 0 spiro atoms. The van der Waals surface area contributed by atoms with Crippen LogP contribution in [0.4, 0.5) is 15.9 Å². The van der Waals surface area contributed by atoms with E-state index in [9.17, 15) is 19.1 Å². The molecule has 1 aromatic carbocycles. The van der Waals surface area contributed by atoms with Crippen molar-refractivity contribution < 1.29 is 23.8 Å². The number of hydrogen-bond acceptors (Lipinski definition) is 7. The largest absolute Gasteiger partial charge is 0.481 e. The number of pyridine rings is 1. The summed E-state index contributed by atoms with van der Waals surface area (Å²) in [6.07, 6.45) is 1.47. The van der Waals surface area contributed by atoms with Crippen molar-refractivity contribution in [1.29, 1.82) is 0 Å². The summed E-state index contributed by atoms with van der Waals surface area (Å²) >= 11 is 0. The van der Waals surface area contributed by atoms with Crippen LogP contribution in [-0.4, -0.2) is 49.9 Å². The lowest BCUT2D eigenvalue weighted by Crippen LogP contribution is -2.26. The molecule has 30 heavy (non-hydrogen) atoms. The fourth-order valence-electron chi connectivity index (χ4n) is 2.92. The van der Waals surface area contributed by atoms with Crippen LogP contribution in [0.5, 0.6) is 5.75 Å². The van der Waals surface area contributed by atoms with E-state index in [1.807, 2.05) is 0 Å². The number of rotatable bonds is 5. The lowest BCUT2D eigenvalue weighted by Gasteiger charge is -2.19. The SMILES string of the molecule is CC(CO)n1cnnc1-c1cccc(NC(=O)c2cc3c(cc2F)OCC(=O)N3)n1. The molecule has 3 N–H and O–H groups in total. The van der Waals surface area contributed by atoms with Gasteiger partial charge in [-0.1, -0.05) is 6.07 Å². The third-order valence-corrected chi connectivity index (χ3v) is 4.48. The third kappa shape index (κ3) is 3.70. The molecule has 0 saturated carbocycles. The van der Waals surface area contributed by atoms with Gasteiger partial charge < -0.3 is 25.0 Å². The maximum Gasteiger partial charge on any atom is 0.262 e. The summed E-state index contributed by atoms with van der Waals surface area (Å²) in [4.78, 5) is 28.4. The number of halogens is 1. The number of benzene rings is 1. The van der Waals surface area contributed by atoms with Gasteiger partial charge in [0.1, 0.15) is 29.4 Å². The summed E-state index contributed by atoms with van der Waals surface area (Å²) in [6.45, 7) is 1.47. The number of aliphatic hydroxyl groups is 1. The Hall–Kier alpha value is -3.86. The van der Waals surface area contributed by atoms with Gasteiger partial charge in [0.2, 0.25) is 0 Å². The highest BCUT2D eigenvalue weighted by Gasteiger charge is 2.22. The van der Waals surface area contributed by atoms with E-state index in [0.29, 0.717) is 11.5 Å². The van der Waals surface area contributed by atoms with Gasteiger partial charge in [-0.15, -0.1) is 10.2 Å². The molecule has 0 fully saturated rings. The molecule has 0 radical (unpaired) electrons. The molecule has 0 bridgehead atoms. The highest BCUT2D eigenvalue weighted by molar-refractivity contribution is 6.06. The Morgan fingerprint density at radius 1 is 1.43 bits per heavy atom. The van der Waals surface area contributed by atoms with Gasteiger partial charge in [0, 0.05) is 6.07 Å². The van der Waals surface area contributed by atoms with Crippen LogP contribution in [0.2, 0.25) is 0 Å². The number of nitrogens with one attached hydrogen (secondary N) is 2. The van der Waals surface area contributed by atoms with Crippen LogP contribution >= 0.6 is 0 Å². The van der Waals surface area contributed by atoms with E-state index in [2.05, 4.69) is 25.8 Å². The molecular formula is C19H17FN6O4. The minimum atomic E-state index is -0.796. The number of amides is 2. The number of ether oxygens (including phenoxy) is 1. The van der Waals surface area contributed by atoms with E-state index in [0.717, 1.165) is 6.07 Å². The monoisotopic (exact) mass is 412 g/mol. The Balaban J connectivity index is 1.59. The van der Waals surface area contributed by atoms with Gasteiger partial charge in [-0.3, -0.25) is 9.59 Å². The molecule has 10 nitrogen and oxygen atoms in total. The Morgan fingerprint density at radius 3 is 3.07 bits per heavy atom. The minimum absolute atomic E-state index is 0.112. The van der Waals surface area contributed by atoms with Gasteiger partial charge in [0.25, 0.3) is 11.8 Å². The van der Waals surface area contributed by atoms with E-state index in [1.54, 1.807) is 29.7 Å². The first-order chi connectivity index (χ1) is 14.5. The van der Waals surface area contributed by atoms with Gasteiger partial charge in [-0.2, -0.15) is 0 Å². The zero-order chi connectivity index (χ0) is 21.3. The first-order valence-electron chi connectivity index (χ1n) is 9.01. The molecular weight excluding hydrogens is 395 g/mol. The molecule has 2 amide bonds. The molecule has 11 heteroatoms. The van der Waals surface area contributed by atoms with Crippen LogP contribution < -0.4 is 15.4 Å². The Morgan fingerprint density at radius 2 is 2.27 bits per heavy atom. The topological polar surface area (TPSA) is 131 Å². The summed E-state index contributed by atoms with van der Waals surface area (Å²) in [5.74, 6) is -1.20. The Labute approximate surface area is 169 Å². The summed E-state index contributed by atoms with van der Waals surface area (Å²) < 4.78 is 21.2. The highest BCUT2D eigenvalue weighted by atomic mass is 19.1. The van der Waals surface area contributed by atoms with Gasteiger partial charge in [0.05, 0.1) is 23.9 Å². The van der Waals surface area contributed by atoms with E-state index in [-0.39, 0.29) is 42.1 Å². The van der Waals surface area contributed by atoms with Crippen molar-refractivity contribution >= 4 is 23.3 Å². The van der Waals surface area contributed by atoms with Crippen LogP contribution in [0.15, 0.2) is 36.7 Å². The van der Waals surface area contributed by atoms with Crippen molar-refractivity contribution in [2.75, 3.05) is 23.8 Å². The fraction of sp³-hybridized carbons (Fsp3) is 0.211. The molecule has 0 aliphatic carbocycles. The number of aromatic nitrogens is 4. The van der Waals surface area contributed by atoms with Crippen molar-refractivity contribution in [3.63, 3.8) is 0 Å². The lowest BCUT2D eigenvalue weighted by atomic mass is 10.1. The van der Waals surface area contributed by atoms with Crippen molar-refractivity contribution in [2.45, 2.75) is 13.0 Å². The van der Waals surface area contributed by atoms with Crippen molar-refractivity contribution in [2.24, 2.45) is 0 Å². The average molecular weight is 412 g/mol. The first-order valence-corrected chi connectivity index (χ1v) is 9.01. The van der Waals surface area contributed by atoms with Crippen LogP contribution in [0.25, 0.3) is 11.5 Å². The zero-order valence-electron chi connectivity index (χ0n) is 15.8. The van der Waals surface area contributed by atoms with Gasteiger partial charge in [-0.25, -0.2) is 9.37 Å². The second kappa shape index (κ2) is 7.87. The molecule has 3 aromatic rings. The zero-order valence-corrected chi connectivity index (χ0v) is 15.8. The van der Waals surface area contributed by atoms with Crippen LogP contribution in [0, 0.1) is 5.82 Å². The molecule has 1 aliphatic heterocycles. The molecule has 2 aromatic heterocycles. The Bertz CT molecular complexity index is 1130. The summed E-state index contributed by atoms with van der Waals surface area (Å²) in [6, 6.07) is 6.85. The fourth-order valence-corrected chi connectivity index (χ4v) is 2.92. The standard InChI is InChI=1S/C19H17FN6O4/c1-10(7-27)26-9-21-25-18(26)13-3-2-4-16(22-13)24-19(29)11-5-14-15(6-12(11)20)30-8-17(28)23-14/h2-6,9-10,27H,7-8H2,1H3,(H,23,28)(H,22,24,29). The summed E-state index contributed by atoms with van der Waals surface area (Å²) in [5.41, 5.74) is 0.353. The average Bonchev–Trinajstić information content (AvgIpc) is 3.23. The predicted octanol–water partition coefficient (Wildman–Crippen LogP) is 1.62. The van der Waals surface area contributed by atoms with Crippen LogP contribution in [0.1, 0.15) is 23.3 Å². The van der Waals surface area contributed by atoms with Crippen LogP contribution in [-0.2, 0) is 4.79 Å². The number of fused-ring (bicyclic) bond motifs is 1. The third-order valence-electron chi connectivity index (χ3n) is 4.48. The first kappa shape index (κ1) is 19.5. The van der Waals surface area contributed by atoms with E-state index < -0.39 is 17.6 Å². The van der Waals surface area contributed by atoms with Gasteiger partial charge in [0.15, 0.2) is 12.4 Å². The van der Waals surface area contributed by atoms with Crippen molar-refractivity contribution in [1.82, 2.24) is 19.7 Å². The van der Waals surface area contributed by atoms with Gasteiger partial charge >= 0.3 is 0 Å². The normalized spacial score (nSPS) is 13.8. The quantitative estimate of drug-likeness (QED) is 0.580. The number of aliphatic hydroxyl groups excluding tert-OH is 1. The maximum absolute atomic E-state index is 14.4. The van der Waals surface area contributed by atoms with E-state index >= 15 is 0 Å². The second-order valence-electron chi connectivity index (χ2n) is 6.62. The van der Waals surface area contributed by atoms with Crippen LogP contribution in [0.3, 0.4) is 0 Å². The summed E-state index contributed by atoms with van der Waals surface area (Å²) in [7, 11) is 0. The maximum atomic E-state index is 14.4. The molecule has 1 unspecified atom stereocenters. The number of anilines is 2. The number of hydrogen-bond donors (Lipinski definition) is 3. The van der Waals surface area contributed by atoms with Gasteiger partial charge in [-0.05, 0) is 25.1 Å². The molecule has 1 aliphatic rings. The second-order valence-corrected chi connectivity index (χ2v) is 6.62.